The number of hydrogen-bond acceptors (Lipinski definition) is 7. The quantitative estimate of drug-likeness (QED) is 0.120. The van der Waals surface area contributed by atoms with Gasteiger partial charge in [0.15, 0.2) is 0 Å². The van der Waals surface area contributed by atoms with Crippen LogP contribution in [0.15, 0.2) is 22.8 Å². The first-order valence-corrected chi connectivity index (χ1v) is 15.7. The van der Waals surface area contributed by atoms with Gasteiger partial charge in [0, 0.05) is 38.7 Å². The molecule has 0 aromatic heterocycles. The summed E-state index contributed by atoms with van der Waals surface area (Å²) >= 11 is 0. The van der Waals surface area contributed by atoms with Crippen molar-refractivity contribution in [2.75, 3.05) is 26.2 Å². The second-order valence-electron chi connectivity index (χ2n) is 13.1. The molecule has 10 atom stereocenters. The highest BCUT2D eigenvalue weighted by Crippen LogP contribution is 2.60. The van der Waals surface area contributed by atoms with Gasteiger partial charge in [0.25, 0.3) is 0 Å². The van der Waals surface area contributed by atoms with Crippen LogP contribution in [0.5, 0.6) is 0 Å². The minimum atomic E-state index is -0.449. The third-order valence-electron chi connectivity index (χ3n) is 10.5. The summed E-state index contributed by atoms with van der Waals surface area (Å²) in [5.74, 6) is 1.60. The topological polar surface area (TPSA) is 134 Å². The Hall–Kier alpha value is -1.74. The molecule has 226 valence electrons. The van der Waals surface area contributed by atoms with Gasteiger partial charge in [0.05, 0.1) is 12.2 Å². The second-order valence-corrected chi connectivity index (χ2v) is 13.1. The van der Waals surface area contributed by atoms with E-state index in [0.29, 0.717) is 56.8 Å². The molecule has 40 heavy (non-hydrogen) atoms. The molecular formula is C32H53N3O5. The van der Waals surface area contributed by atoms with Crippen LogP contribution in [0.4, 0.5) is 0 Å². The Morgan fingerprint density at radius 1 is 0.950 bits per heavy atom. The third kappa shape index (κ3) is 6.83. The summed E-state index contributed by atoms with van der Waals surface area (Å²) in [7, 11) is 0. The Balaban J connectivity index is 1.64. The molecule has 0 aliphatic heterocycles. The molecule has 0 saturated heterocycles. The average Bonchev–Trinajstić information content (AvgIpc) is 3.24. The maximum Gasteiger partial charge on any atom is 0.303 e. The standard InChI is InChI=1S/C32H53N3O5/c1-18(2)6-5-7-24(32(39)35-15-14-34-13-12-33)31-26-16-28(38)30-22-10-11-27(37)19(3)21(22)8-9-23(30)25(26)17-29(31)40-20(4)36/h6,19,21-23,25-30,34,37-38H,5,7-17,33H2,1-4H3,(H,35,39)/b31-24-/t19-,21?,22?,23?,25?,26?,27+,28?,29?,30?/m0/s1. The molecule has 4 aliphatic rings. The number of ether oxygens (including phenoxy) is 1. The van der Waals surface area contributed by atoms with Crippen LogP contribution in [0.25, 0.3) is 0 Å². The van der Waals surface area contributed by atoms with Crippen molar-refractivity contribution in [2.24, 2.45) is 47.2 Å². The van der Waals surface area contributed by atoms with Crippen LogP contribution in [0.2, 0.25) is 0 Å². The van der Waals surface area contributed by atoms with E-state index in [1.54, 1.807) is 0 Å². The highest BCUT2D eigenvalue weighted by atomic mass is 16.5. The van der Waals surface area contributed by atoms with Crippen molar-refractivity contribution in [1.82, 2.24) is 10.6 Å². The molecule has 8 heteroatoms. The van der Waals surface area contributed by atoms with Crippen LogP contribution in [0.3, 0.4) is 0 Å². The van der Waals surface area contributed by atoms with Crippen molar-refractivity contribution in [3.05, 3.63) is 22.8 Å². The molecule has 4 saturated carbocycles. The molecule has 4 aliphatic carbocycles. The van der Waals surface area contributed by atoms with E-state index in [0.717, 1.165) is 49.7 Å². The zero-order valence-corrected chi connectivity index (χ0v) is 25.0. The van der Waals surface area contributed by atoms with E-state index < -0.39 is 12.2 Å². The minimum Gasteiger partial charge on any atom is -0.458 e. The van der Waals surface area contributed by atoms with Gasteiger partial charge in [-0.2, -0.15) is 0 Å². The smallest absolute Gasteiger partial charge is 0.303 e. The van der Waals surface area contributed by atoms with E-state index in [1.807, 2.05) is 0 Å². The van der Waals surface area contributed by atoms with Crippen LogP contribution in [0, 0.1) is 41.4 Å². The molecule has 4 fully saturated rings. The second kappa shape index (κ2) is 14.0. The fraction of sp³-hybridized carbons (Fsp3) is 0.812. The van der Waals surface area contributed by atoms with Gasteiger partial charge in [0.1, 0.15) is 6.10 Å². The number of aliphatic hydroxyl groups is 2. The normalized spacial score (nSPS) is 38.0. The number of amides is 1. The van der Waals surface area contributed by atoms with Crippen LogP contribution in [-0.2, 0) is 14.3 Å². The number of aliphatic hydroxyl groups excluding tert-OH is 2. The fourth-order valence-corrected chi connectivity index (χ4v) is 8.86. The zero-order valence-electron chi connectivity index (χ0n) is 25.0. The van der Waals surface area contributed by atoms with Gasteiger partial charge in [-0.1, -0.05) is 18.6 Å². The lowest BCUT2D eigenvalue weighted by Crippen LogP contribution is -2.53. The molecule has 0 aromatic rings. The van der Waals surface area contributed by atoms with Crippen molar-refractivity contribution >= 4 is 11.9 Å². The Labute approximate surface area is 240 Å². The largest absolute Gasteiger partial charge is 0.458 e. The number of carbonyl (C=O) groups is 2. The van der Waals surface area contributed by atoms with Gasteiger partial charge in [-0.05, 0) is 112 Å². The maximum absolute atomic E-state index is 13.7. The molecule has 0 heterocycles. The van der Waals surface area contributed by atoms with Gasteiger partial charge >= 0.3 is 5.97 Å². The average molecular weight is 560 g/mol. The Morgan fingerprint density at radius 3 is 2.35 bits per heavy atom. The summed E-state index contributed by atoms with van der Waals surface area (Å²) < 4.78 is 5.95. The monoisotopic (exact) mass is 559 g/mol. The van der Waals surface area contributed by atoms with Gasteiger partial charge in [-0.15, -0.1) is 0 Å². The van der Waals surface area contributed by atoms with E-state index in [-0.39, 0.29) is 41.7 Å². The SMILES string of the molecule is CC(=O)OC1CC2C(CC(O)C3C2CCC2C3CC[C@@H](O)[C@H]2C)/C1=C(\CCC=C(C)C)C(=O)NCCNCCN. The number of rotatable bonds is 10. The van der Waals surface area contributed by atoms with Crippen molar-refractivity contribution in [3.63, 3.8) is 0 Å². The molecule has 8 nitrogen and oxygen atoms in total. The van der Waals surface area contributed by atoms with E-state index in [1.165, 1.54) is 12.5 Å². The molecule has 1 amide bonds. The van der Waals surface area contributed by atoms with Crippen LogP contribution >= 0.6 is 0 Å². The van der Waals surface area contributed by atoms with Gasteiger partial charge in [0.2, 0.25) is 5.91 Å². The molecule has 6 N–H and O–H groups in total. The zero-order chi connectivity index (χ0) is 29.0. The van der Waals surface area contributed by atoms with E-state index in [9.17, 15) is 19.8 Å². The summed E-state index contributed by atoms with van der Waals surface area (Å²) in [6, 6.07) is 0. The molecule has 0 radical (unpaired) electrons. The highest BCUT2D eigenvalue weighted by Gasteiger charge is 2.57. The predicted octanol–water partition coefficient (Wildman–Crippen LogP) is 3.08. The summed E-state index contributed by atoms with van der Waals surface area (Å²) in [6.45, 7) is 10.1. The maximum atomic E-state index is 13.7. The molecule has 8 unspecified atom stereocenters. The fourth-order valence-electron chi connectivity index (χ4n) is 8.86. The first-order chi connectivity index (χ1) is 19.1. The van der Waals surface area contributed by atoms with Crippen LogP contribution in [0.1, 0.15) is 79.1 Å². The number of fused-ring (bicyclic) bond motifs is 5. The summed E-state index contributed by atoms with van der Waals surface area (Å²) in [4.78, 5) is 26.0. The molecular weight excluding hydrogens is 506 g/mol. The van der Waals surface area contributed by atoms with Gasteiger partial charge in [-0.25, -0.2) is 0 Å². The van der Waals surface area contributed by atoms with E-state index in [4.69, 9.17) is 10.5 Å². The lowest BCUT2D eigenvalue weighted by molar-refractivity contribution is -0.145. The number of nitrogens with two attached hydrogens (primary N) is 1. The number of nitrogens with one attached hydrogen (secondary N) is 2. The Bertz CT molecular complexity index is 960. The van der Waals surface area contributed by atoms with Crippen molar-refractivity contribution < 1.29 is 24.5 Å². The van der Waals surface area contributed by atoms with Crippen LogP contribution < -0.4 is 16.4 Å². The Kier molecular flexibility index (Phi) is 10.9. The van der Waals surface area contributed by atoms with Crippen molar-refractivity contribution in [2.45, 2.75) is 97.4 Å². The van der Waals surface area contributed by atoms with E-state index >= 15 is 0 Å². The number of esters is 1. The molecule has 0 aromatic carbocycles. The minimum absolute atomic E-state index is 0.0339. The molecule has 0 spiro atoms. The number of hydrogen-bond donors (Lipinski definition) is 5. The van der Waals surface area contributed by atoms with Gasteiger partial charge < -0.3 is 31.3 Å². The first kappa shape index (κ1) is 31.2. The van der Waals surface area contributed by atoms with Crippen molar-refractivity contribution in [3.8, 4) is 0 Å². The molecule has 0 bridgehead atoms. The highest BCUT2D eigenvalue weighted by molar-refractivity contribution is 5.94. The number of allylic oxidation sites excluding steroid dienone is 2. The third-order valence-corrected chi connectivity index (χ3v) is 10.5. The summed E-state index contributed by atoms with van der Waals surface area (Å²) in [5, 5.41) is 28.5. The Morgan fingerprint density at radius 2 is 1.65 bits per heavy atom. The van der Waals surface area contributed by atoms with Gasteiger partial charge in [-0.3, -0.25) is 9.59 Å². The predicted molar refractivity (Wildman–Crippen MR) is 156 cm³/mol. The number of carbonyl (C=O) groups excluding carboxylic acids is 2. The first-order valence-electron chi connectivity index (χ1n) is 15.7. The lowest BCUT2D eigenvalue weighted by atomic mass is 9.51. The molecule has 4 rings (SSSR count). The lowest BCUT2D eigenvalue weighted by Gasteiger charge is -2.55. The van der Waals surface area contributed by atoms with E-state index in [2.05, 4.69) is 37.5 Å². The van der Waals surface area contributed by atoms with Crippen molar-refractivity contribution in [1.29, 1.82) is 0 Å². The van der Waals surface area contributed by atoms with Crippen LogP contribution in [-0.4, -0.2) is 66.6 Å². The summed E-state index contributed by atoms with van der Waals surface area (Å²) in [5.41, 5.74) is 8.45. The summed E-state index contributed by atoms with van der Waals surface area (Å²) in [6.07, 6.45) is 7.55.